The maximum Gasteiger partial charge on any atom is 0.490 e. The van der Waals surface area contributed by atoms with Crippen LogP contribution in [0.25, 0.3) is 0 Å². The molecule has 3 heterocycles. The Morgan fingerprint density at radius 3 is 2.14 bits per heavy atom. The standard InChI is InChI=1S/C16H23N3O2S.2C2HF3O2/c20-16(11-1-2-11)18-7-14-13-8-19(5-3-12(13)10-21-14)9-15-17-4-6-22-15;2*3-2(4,5)1(6)7/h4,6,11-14H,1-3,5,7-10H2,(H,18,20);2*(H,6,7)/t12-,13-,14+;;/m0../s1. The van der Waals surface area contributed by atoms with Crippen LogP contribution < -0.4 is 5.32 Å². The summed E-state index contributed by atoms with van der Waals surface area (Å²) in [5.41, 5.74) is 0. The average Bonchev–Trinajstić information content (AvgIpc) is 3.37. The van der Waals surface area contributed by atoms with E-state index in [1.165, 1.54) is 11.4 Å². The van der Waals surface area contributed by atoms with Crippen LogP contribution in [0.15, 0.2) is 11.6 Å². The number of aromatic nitrogens is 1. The minimum atomic E-state index is -5.08. The minimum Gasteiger partial charge on any atom is -0.475 e. The van der Waals surface area contributed by atoms with E-state index < -0.39 is 24.3 Å². The van der Waals surface area contributed by atoms with E-state index in [-0.39, 0.29) is 17.9 Å². The van der Waals surface area contributed by atoms with Crippen molar-refractivity contribution in [2.24, 2.45) is 17.8 Å². The molecule has 9 nitrogen and oxygen atoms in total. The number of carboxylic acids is 2. The van der Waals surface area contributed by atoms with Crippen molar-refractivity contribution in [2.45, 2.75) is 44.3 Å². The third-order valence-electron chi connectivity index (χ3n) is 5.65. The molecule has 2 aliphatic heterocycles. The first kappa shape index (κ1) is 29.8. The molecule has 36 heavy (non-hydrogen) atoms. The Kier molecular flexibility index (Phi) is 10.5. The predicted octanol–water partition coefficient (Wildman–Crippen LogP) is 2.77. The Hall–Kier alpha value is -2.46. The number of nitrogens with zero attached hydrogens (tertiary/aromatic N) is 2. The lowest BCUT2D eigenvalue weighted by Crippen LogP contribution is -2.45. The summed E-state index contributed by atoms with van der Waals surface area (Å²) in [7, 11) is 0. The molecule has 0 spiro atoms. The normalized spacial score (nSPS) is 23.9. The van der Waals surface area contributed by atoms with Crippen LogP contribution in [0.4, 0.5) is 26.3 Å². The zero-order valence-electron chi connectivity index (χ0n) is 18.7. The van der Waals surface area contributed by atoms with Gasteiger partial charge in [-0.2, -0.15) is 26.3 Å². The summed E-state index contributed by atoms with van der Waals surface area (Å²) in [6.07, 6.45) is -4.78. The fourth-order valence-electron chi connectivity index (χ4n) is 3.67. The molecule has 0 radical (unpaired) electrons. The highest BCUT2D eigenvalue weighted by Crippen LogP contribution is 2.35. The first-order valence-corrected chi connectivity index (χ1v) is 11.7. The molecule has 1 aromatic heterocycles. The van der Waals surface area contributed by atoms with Gasteiger partial charge >= 0.3 is 24.3 Å². The fourth-order valence-corrected chi connectivity index (χ4v) is 4.32. The molecule has 2 saturated heterocycles. The highest BCUT2D eigenvalue weighted by Gasteiger charge is 2.42. The maximum atomic E-state index is 11.8. The summed E-state index contributed by atoms with van der Waals surface area (Å²) in [5.74, 6) is -3.80. The Morgan fingerprint density at radius 2 is 1.67 bits per heavy atom. The number of alkyl halides is 6. The zero-order valence-corrected chi connectivity index (χ0v) is 19.5. The second-order valence-electron chi connectivity index (χ2n) is 8.37. The fraction of sp³-hybridized carbons (Fsp3) is 0.700. The molecule has 0 aromatic carbocycles. The third-order valence-corrected chi connectivity index (χ3v) is 6.41. The van der Waals surface area contributed by atoms with Gasteiger partial charge in [-0.1, -0.05) is 0 Å². The van der Waals surface area contributed by atoms with Crippen LogP contribution in [0.1, 0.15) is 24.3 Å². The highest BCUT2D eigenvalue weighted by atomic mass is 32.1. The lowest BCUT2D eigenvalue weighted by molar-refractivity contribution is -0.193. The lowest BCUT2D eigenvalue weighted by Gasteiger charge is -2.35. The smallest absolute Gasteiger partial charge is 0.475 e. The summed E-state index contributed by atoms with van der Waals surface area (Å²) in [5, 5.41) is 20.6. The van der Waals surface area contributed by atoms with Gasteiger partial charge in [-0.25, -0.2) is 14.6 Å². The van der Waals surface area contributed by atoms with Crippen LogP contribution in [0.5, 0.6) is 0 Å². The van der Waals surface area contributed by atoms with Gasteiger partial charge in [0.15, 0.2) is 0 Å². The van der Waals surface area contributed by atoms with E-state index in [1.807, 2.05) is 11.6 Å². The topological polar surface area (TPSA) is 129 Å². The van der Waals surface area contributed by atoms with Gasteiger partial charge in [0.2, 0.25) is 5.91 Å². The number of ether oxygens (including phenoxy) is 1. The highest BCUT2D eigenvalue weighted by molar-refractivity contribution is 7.09. The number of carbonyl (C=O) groups is 3. The molecule has 204 valence electrons. The molecule has 0 bridgehead atoms. The molecule has 1 aromatic rings. The molecule has 1 saturated carbocycles. The van der Waals surface area contributed by atoms with Gasteiger partial charge in [0.25, 0.3) is 0 Å². The Bertz CT molecular complexity index is 854. The minimum absolute atomic E-state index is 0.187. The number of likely N-dealkylation sites (tertiary alicyclic amines) is 1. The number of amides is 1. The van der Waals surface area contributed by atoms with Gasteiger partial charge in [0.1, 0.15) is 5.01 Å². The van der Waals surface area contributed by atoms with E-state index >= 15 is 0 Å². The van der Waals surface area contributed by atoms with Crippen molar-refractivity contribution in [1.82, 2.24) is 15.2 Å². The predicted molar refractivity (Wildman–Crippen MR) is 112 cm³/mol. The van der Waals surface area contributed by atoms with Gasteiger partial charge in [-0.15, -0.1) is 11.3 Å². The summed E-state index contributed by atoms with van der Waals surface area (Å²) < 4.78 is 69.5. The number of rotatable bonds is 5. The number of nitrogens with one attached hydrogen (secondary N) is 1. The number of halogens is 6. The van der Waals surface area contributed by atoms with Crippen LogP contribution in [-0.4, -0.2) is 82.6 Å². The van der Waals surface area contributed by atoms with E-state index in [2.05, 4.69) is 15.2 Å². The van der Waals surface area contributed by atoms with Gasteiger partial charge < -0.3 is 20.3 Å². The number of fused-ring (bicyclic) bond motifs is 1. The molecule has 4 rings (SSSR count). The molecule has 16 heteroatoms. The van der Waals surface area contributed by atoms with Crippen LogP contribution in [0.3, 0.4) is 0 Å². The third kappa shape index (κ3) is 9.89. The monoisotopic (exact) mass is 549 g/mol. The number of carbonyl (C=O) groups excluding carboxylic acids is 1. The molecular weight excluding hydrogens is 524 g/mol. The first-order valence-electron chi connectivity index (χ1n) is 10.8. The average molecular weight is 549 g/mol. The summed E-state index contributed by atoms with van der Waals surface area (Å²) in [6.45, 7) is 4.68. The molecule has 1 amide bonds. The molecule has 3 fully saturated rings. The van der Waals surface area contributed by atoms with E-state index in [0.29, 0.717) is 18.4 Å². The maximum absolute atomic E-state index is 11.8. The van der Waals surface area contributed by atoms with Crippen molar-refractivity contribution in [3.63, 3.8) is 0 Å². The van der Waals surface area contributed by atoms with Gasteiger partial charge in [0, 0.05) is 36.5 Å². The van der Waals surface area contributed by atoms with Crippen LogP contribution in [0.2, 0.25) is 0 Å². The second-order valence-corrected chi connectivity index (χ2v) is 9.35. The molecule has 3 atom stereocenters. The second kappa shape index (κ2) is 12.7. The van der Waals surface area contributed by atoms with Crippen molar-refractivity contribution in [2.75, 3.05) is 26.2 Å². The van der Waals surface area contributed by atoms with Gasteiger partial charge in [-0.05, 0) is 31.7 Å². The van der Waals surface area contributed by atoms with E-state index in [4.69, 9.17) is 24.5 Å². The zero-order chi connectivity index (χ0) is 27.1. The van der Waals surface area contributed by atoms with Crippen molar-refractivity contribution in [3.8, 4) is 0 Å². The molecule has 0 unspecified atom stereocenters. The van der Waals surface area contributed by atoms with Crippen LogP contribution >= 0.6 is 11.3 Å². The molecular formula is C20H25F6N3O6S. The summed E-state index contributed by atoms with van der Waals surface area (Å²) in [4.78, 5) is 36.5. The number of hydrogen-bond acceptors (Lipinski definition) is 7. The number of hydrogen-bond donors (Lipinski definition) is 3. The largest absolute Gasteiger partial charge is 0.490 e. The van der Waals surface area contributed by atoms with Crippen molar-refractivity contribution >= 4 is 29.2 Å². The Labute approximate surface area is 205 Å². The van der Waals surface area contributed by atoms with Crippen molar-refractivity contribution in [3.05, 3.63) is 16.6 Å². The SMILES string of the molecule is O=C(NC[C@H]1OC[C@@H]2CCN(Cc3nccs3)C[C@@H]21)C1CC1.O=C(O)C(F)(F)F.O=C(O)C(F)(F)F. The Morgan fingerprint density at radius 1 is 1.08 bits per heavy atom. The van der Waals surface area contributed by atoms with Crippen LogP contribution in [0, 0.1) is 17.8 Å². The van der Waals surface area contributed by atoms with Crippen molar-refractivity contribution in [1.29, 1.82) is 0 Å². The first-order chi connectivity index (χ1) is 16.7. The van der Waals surface area contributed by atoms with E-state index in [1.54, 1.807) is 11.3 Å². The number of carboxylic acid groups (broad SMARTS) is 2. The van der Waals surface area contributed by atoms with Gasteiger partial charge in [0.05, 0.1) is 19.3 Å². The van der Waals surface area contributed by atoms with Gasteiger partial charge in [-0.3, -0.25) is 9.69 Å². The number of aliphatic carboxylic acids is 2. The van der Waals surface area contributed by atoms with Crippen molar-refractivity contribution < 1.29 is 55.7 Å². The molecule has 3 aliphatic rings. The summed E-state index contributed by atoms with van der Waals surface area (Å²) >= 11 is 1.73. The molecule has 1 aliphatic carbocycles. The number of thiazole rings is 1. The van der Waals surface area contributed by atoms with Crippen LogP contribution in [-0.2, 0) is 25.7 Å². The summed E-state index contributed by atoms with van der Waals surface area (Å²) in [6, 6.07) is 0. The van der Waals surface area contributed by atoms with E-state index in [0.717, 1.165) is 39.1 Å². The molecule has 3 N–H and O–H groups in total. The quantitative estimate of drug-likeness (QED) is 0.479. The number of piperidine rings is 1. The van der Waals surface area contributed by atoms with E-state index in [9.17, 15) is 31.1 Å². The Balaban J connectivity index is 0.000000271. The lowest BCUT2D eigenvalue weighted by atomic mass is 9.84.